The molecule has 0 radical (unpaired) electrons. The summed E-state index contributed by atoms with van der Waals surface area (Å²) in [5.74, 6) is 1.61. The van der Waals surface area contributed by atoms with Gasteiger partial charge in [0.25, 0.3) is 5.91 Å². The summed E-state index contributed by atoms with van der Waals surface area (Å²) in [4.78, 5) is 26.0. The molecule has 3 aromatic carbocycles. The highest BCUT2D eigenvalue weighted by molar-refractivity contribution is 5.96. The van der Waals surface area contributed by atoms with E-state index in [-0.39, 0.29) is 26.0 Å². The molecule has 1 N–H and O–H groups in total. The Morgan fingerprint density at radius 1 is 1.00 bits per heavy atom. The summed E-state index contributed by atoms with van der Waals surface area (Å²) in [6, 6.07) is 19.8. The van der Waals surface area contributed by atoms with Gasteiger partial charge in [-0.1, -0.05) is 36.4 Å². The molecule has 0 bridgehead atoms. The first kappa shape index (κ1) is 23.7. The summed E-state index contributed by atoms with van der Waals surface area (Å²) in [5, 5.41) is 2.97. The van der Waals surface area contributed by atoms with Crippen LogP contribution in [0.1, 0.15) is 54.2 Å². The number of carbonyl (C=O) groups excluding carboxylic acids is 2. The van der Waals surface area contributed by atoms with E-state index >= 15 is 0 Å². The number of amides is 1. The minimum absolute atomic E-state index is 0. The summed E-state index contributed by atoms with van der Waals surface area (Å²) in [7, 11) is 0. The summed E-state index contributed by atoms with van der Waals surface area (Å²) in [5.41, 5.74) is 5.45. The van der Waals surface area contributed by atoms with Crippen LogP contribution in [0.25, 0.3) is 11.1 Å². The fourth-order valence-corrected chi connectivity index (χ4v) is 5.41. The van der Waals surface area contributed by atoms with Gasteiger partial charge in [-0.2, -0.15) is 0 Å². The molecule has 6 heteroatoms. The Balaban J connectivity index is 0.00000294. The van der Waals surface area contributed by atoms with Gasteiger partial charge in [0.1, 0.15) is 5.78 Å². The highest BCUT2D eigenvalue weighted by Crippen LogP contribution is 2.51. The van der Waals surface area contributed by atoms with Crippen molar-refractivity contribution in [1.82, 2.24) is 5.32 Å². The normalized spacial score (nSPS) is 19.0. The van der Waals surface area contributed by atoms with E-state index in [1.54, 1.807) is 0 Å². The Labute approximate surface area is 218 Å². The fourth-order valence-electron chi connectivity index (χ4n) is 5.41. The minimum Gasteiger partial charge on any atom is -0.454 e. The van der Waals surface area contributed by atoms with E-state index in [1.165, 1.54) is 0 Å². The number of rotatable bonds is 8. The predicted molar refractivity (Wildman–Crippen MR) is 142 cm³/mol. The lowest BCUT2D eigenvalue weighted by Gasteiger charge is -2.16. The third-order valence-corrected chi connectivity index (χ3v) is 7.85. The second-order valence-electron chi connectivity index (χ2n) is 10.3. The van der Waals surface area contributed by atoms with Crippen LogP contribution in [0.4, 0.5) is 0 Å². The van der Waals surface area contributed by atoms with Crippen molar-refractivity contribution in [3.05, 3.63) is 82.9 Å². The molecule has 3 aliphatic rings. The summed E-state index contributed by atoms with van der Waals surface area (Å²) in [6.45, 7) is 3.62. The summed E-state index contributed by atoms with van der Waals surface area (Å²) in [6.07, 6.45) is 4.27. The molecule has 1 amide bonds. The summed E-state index contributed by atoms with van der Waals surface area (Å²) >= 11 is 0. The molecular weight excluding hydrogens is 466 g/mol. The SMILES string of the molecule is Cc1ccc(CC(=O)C2(c3ccc4c(c3)OCO4)CC2)cc1-c1ccc(C(=O)NC[C@H]2CCCO2)cc1.[HH]. The molecule has 2 fully saturated rings. The Morgan fingerprint density at radius 2 is 1.81 bits per heavy atom. The van der Waals surface area contributed by atoms with Crippen LogP contribution < -0.4 is 14.8 Å². The standard InChI is InChI=1S/C31H31NO5.H2/c1-20-4-5-21(16-29(33)31(12-13-31)24-10-11-27-28(17-24)37-19-36-27)15-26(20)22-6-8-23(9-7-22)30(34)32-18-25-3-2-14-35-25;/h4-11,15,17,25H,2-3,12-14,16,18-19H2,1H3,(H,32,34);1H/t25-;/m1./s1. The molecule has 1 saturated heterocycles. The van der Waals surface area contributed by atoms with Crippen LogP contribution in [-0.4, -0.2) is 37.7 Å². The lowest BCUT2D eigenvalue weighted by molar-refractivity contribution is -0.120. The topological polar surface area (TPSA) is 73.9 Å². The number of ketones is 1. The lowest BCUT2D eigenvalue weighted by Crippen LogP contribution is -2.31. The average Bonchev–Trinajstić information content (AvgIpc) is 3.32. The van der Waals surface area contributed by atoms with Crippen LogP contribution in [0, 0.1) is 6.92 Å². The van der Waals surface area contributed by atoms with Crippen LogP contribution in [0.15, 0.2) is 60.7 Å². The molecule has 0 unspecified atom stereocenters. The predicted octanol–water partition coefficient (Wildman–Crippen LogP) is 5.39. The molecule has 2 heterocycles. The average molecular weight is 500 g/mol. The largest absolute Gasteiger partial charge is 0.454 e. The van der Waals surface area contributed by atoms with Crippen LogP contribution in [-0.2, 0) is 21.4 Å². The molecular formula is C31H33NO5. The zero-order chi connectivity index (χ0) is 25.4. The van der Waals surface area contributed by atoms with E-state index in [1.807, 2.05) is 48.5 Å². The molecule has 1 atom stereocenters. The number of nitrogens with one attached hydrogen (secondary N) is 1. The van der Waals surface area contributed by atoms with Crippen LogP contribution >= 0.6 is 0 Å². The van der Waals surface area contributed by atoms with Gasteiger partial charge in [0, 0.05) is 26.6 Å². The van der Waals surface area contributed by atoms with Crippen molar-refractivity contribution >= 4 is 11.7 Å². The van der Waals surface area contributed by atoms with Gasteiger partial charge < -0.3 is 19.5 Å². The van der Waals surface area contributed by atoms with Gasteiger partial charge in [-0.05, 0) is 84.7 Å². The van der Waals surface area contributed by atoms with E-state index in [0.717, 1.165) is 71.6 Å². The minimum atomic E-state index is -0.426. The molecule has 0 aromatic heterocycles. The summed E-state index contributed by atoms with van der Waals surface area (Å²) < 4.78 is 16.5. The van der Waals surface area contributed by atoms with Crippen LogP contribution in [0.5, 0.6) is 11.5 Å². The van der Waals surface area contributed by atoms with E-state index < -0.39 is 5.41 Å². The van der Waals surface area contributed by atoms with Crippen molar-refractivity contribution in [2.45, 2.75) is 50.5 Å². The Kier molecular flexibility index (Phi) is 6.21. The number of hydrogen-bond acceptors (Lipinski definition) is 5. The monoisotopic (exact) mass is 499 g/mol. The van der Waals surface area contributed by atoms with Crippen LogP contribution in [0.2, 0.25) is 0 Å². The van der Waals surface area contributed by atoms with E-state index in [9.17, 15) is 9.59 Å². The second kappa shape index (κ2) is 9.67. The number of aryl methyl sites for hydroxylation is 1. The molecule has 192 valence electrons. The molecule has 1 aliphatic carbocycles. The number of carbonyl (C=O) groups is 2. The maximum atomic E-state index is 13.5. The fraction of sp³-hybridized carbons (Fsp3) is 0.355. The van der Waals surface area contributed by atoms with Crippen molar-refractivity contribution in [1.29, 1.82) is 0 Å². The van der Waals surface area contributed by atoms with Crippen molar-refractivity contribution in [2.24, 2.45) is 0 Å². The molecule has 37 heavy (non-hydrogen) atoms. The molecule has 3 aromatic rings. The Morgan fingerprint density at radius 3 is 2.57 bits per heavy atom. The van der Waals surface area contributed by atoms with Crippen molar-refractivity contribution in [3.8, 4) is 22.6 Å². The maximum absolute atomic E-state index is 13.5. The number of benzene rings is 3. The smallest absolute Gasteiger partial charge is 0.251 e. The molecule has 6 rings (SSSR count). The van der Waals surface area contributed by atoms with Gasteiger partial charge in [-0.15, -0.1) is 0 Å². The maximum Gasteiger partial charge on any atom is 0.251 e. The molecule has 0 spiro atoms. The van der Waals surface area contributed by atoms with Gasteiger partial charge in [0.05, 0.1) is 11.5 Å². The molecule has 2 aliphatic heterocycles. The molecule has 1 saturated carbocycles. The lowest BCUT2D eigenvalue weighted by atomic mass is 9.87. The number of fused-ring (bicyclic) bond motifs is 1. The van der Waals surface area contributed by atoms with Gasteiger partial charge in [-0.3, -0.25) is 9.59 Å². The zero-order valence-electron chi connectivity index (χ0n) is 21.0. The molecule has 6 nitrogen and oxygen atoms in total. The first-order chi connectivity index (χ1) is 18.0. The van der Waals surface area contributed by atoms with Crippen molar-refractivity contribution < 1.29 is 25.2 Å². The van der Waals surface area contributed by atoms with Gasteiger partial charge in [-0.25, -0.2) is 0 Å². The van der Waals surface area contributed by atoms with E-state index in [0.29, 0.717) is 18.5 Å². The van der Waals surface area contributed by atoms with Crippen molar-refractivity contribution in [3.63, 3.8) is 0 Å². The first-order valence-corrected chi connectivity index (χ1v) is 13.0. The quantitative estimate of drug-likeness (QED) is 0.450. The number of ether oxygens (including phenoxy) is 3. The van der Waals surface area contributed by atoms with E-state index in [4.69, 9.17) is 14.2 Å². The van der Waals surface area contributed by atoms with Gasteiger partial charge in [0.15, 0.2) is 11.5 Å². The van der Waals surface area contributed by atoms with Gasteiger partial charge >= 0.3 is 0 Å². The highest BCUT2D eigenvalue weighted by Gasteiger charge is 2.50. The third-order valence-electron chi connectivity index (χ3n) is 7.85. The number of hydrogen-bond donors (Lipinski definition) is 1. The Bertz CT molecular complexity index is 1340. The van der Waals surface area contributed by atoms with Crippen molar-refractivity contribution in [2.75, 3.05) is 19.9 Å². The highest BCUT2D eigenvalue weighted by atomic mass is 16.7. The zero-order valence-corrected chi connectivity index (χ0v) is 21.0. The second-order valence-corrected chi connectivity index (χ2v) is 10.3. The first-order valence-electron chi connectivity index (χ1n) is 13.0. The van der Waals surface area contributed by atoms with Gasteiger partial charge in [0.2, 0.25) is 6.79 Å². The third kappa shape index (κ3) is 4.74. The number of Topliss-reactive ketones (excluding diaryl/α,β-unsaturated/α-hetero) is 1. The Hall–Kier alpha value is -3.64. The van der Waals surface area contributed by atoms with Crippen LogP contribution in [0.3, 0.4) is 0 Å². The van der Waals surface area contributed by atoms with E-state index in [2.05, 4.69) is 24.4 Å².